The van der Waals surface area contributed by atoms with E-state index < -0.39 is 10.0 Å². The second-order valence-electron chi connectivity index (χ2n) is 8.41. The fourth-order valence-electron chi connectivity index (χ4n) is 3.69. The Morgan fingerprint density at radius 1 is 1.13 bits per heavy atom. The van der Waals surface area contributed by atoms with Gasteiger partial charge in [0, 0.05) is 18.7 Å². The van der Waals surface area contributed by atoms with E-state index in [1.807, 2.05) is 24.3 Å². The summed E-state index contributed by atoms with van der Waals surface area (Å²) in [6.07, 6.45) is 1.72. The highest BCUT2D eigenvalue weighted by Gasteiger charge is 2.28. The summed E-state index contributed by atoms with van der Waals surface area (Å²) in [5.41, 5.74) is 1.45. The molecule has 3 rings (SSSR count). The molecule has 1 fully saturated rings. The molecule has 1 aliphatic heterocycles. The van der Waals surface area contributed by atoms with Crippen molar-refractivity contribution in [1.82, 2.24) is 9.62 Å². The fraction of sp³-hybridized carbons (Fsp3) is 0.458. The standard InChI is InChI=1S/C24H32N2O4S/c1-18(2)22-9-4-5-10-23(22)30-16-13-25-24(27)20-7-6-8-21(17-20)31(28,29)26-14-11-19(3)12-15-26/h4-10,17-19H,11-16H2,1-3H3,(H,25,27). The highest BCUT2D eigenvalue weighted by Crippen LogP contribution is 2.26. The first-order valence-corrected chi connectivity index (χ1v) is 12.3. The van der Waals surface area contributed by atoms with Crippen LogP contribution in [0.4, 0.5) is 0 Å². The number of ether oxygens (including phenoxy) is 1. The Morgan fingerprint density at radius 2 is 1.84 bits per heavy atom. The lowest BCUT2D eigenvalue weighted by Crippen LogP contribution is -2.38. The van der Waals surface area contributed by atoms with Crippen molar-refractivity contribution in [1.29, 1.82) is 0 Å². The molecule has 0 spiro atoms. The molecular weight excluding hydrogens is 412 g/mol. The van der Waals surface area contributed by atoms with Crippen molar-refractivity contribution >= 4 is 15.9 Å². The van der Waals surface area contributed by atoms with E-state index in [0.29, 0.717) is 43.6 Å². The molecule has 6 nitrogen and oxygen atoms in total. The minimum absolute atomic E-state index is 0.164. The Balaban J connectivity index is 1.58. The zero-order valence-electron chi connectivity index (χ0n) is 18.5. The zero-order chi connectivity index (χ0) is 22.4. The van der Waals surface area contributed by atoms with Crippen LogP contribution in [0.2, 0.25) is 0 Å². The number of nitrogens with zero attached hydrogens (tertiary/aromatic N) is 1. The number of amides is 1. The normalized spacial score (nSPS) is 15.7. The average molecular weight is 445 g/mol. The number of para-hydroxylation sites is 1. The Bertz CT molecular complexity index is 996. The van der Waals surface area contributed by atoms with Gasteiger partial charge < -0.3 is 10.1 Å². The van der Waals surface area contributed by atoms with Gasteiger partial charge in [-0.25, -0.2) is 8.42 Å². The van der Waals surface area contributed by atoms with E-state index in [-0.39, 0.29) is 10.8 Å². The maximum Gasteiger partial charge on any atom is 0.251 e. The van der Waals surface area contributed by atoms with Crippen LogP contribution in [-0.2, 0) is 10.0 Å². The molecule has 1 heterocycles. The monoisotopic (exact) mass is 444 g/mol. The Morgan fingerprint density at radius 3 is 2.55 bits per heavy atom. The summed E-state index contributed by atoms with van der Waals surface area (Å²) in [5, 5.41) is 2.81. The summed E-state index contributed by atoms with van der Waals surface area (Å²) in [5.74, 6) is 1.39. The van der Waals surface area contributed by atoms with Gasteiger partial charge in [0.25, 0.3) is 5.91 Å². The van der Waals surface area contributed by atoms with Crippen molar-refractivity contribution in [3.63, 3.8) is 0 Å². The van der Waals surface area contributed by atoms with Crippen molar-refractivity contribution in [3.8, 4) is 5.75 Å². The molecule has 0 aliphatic carbocycles. The molecule has 0 saturated carbocycles. The van der Waals surface area contributed by atoms with Crippen molar-refractivity contribution in [2.75, 3.05) is 26.2 Å². The third-order valence-corrected chi connectivity index (χ3v) is 7.56. The highest BCUT2D eigenvalue weighted by molar-refractivity contribution is 7.89. The topological polar surface area (TPSA) is 75.7 Å². The van der Waals surface area contributed by atoms with Crippen molar-refractivity contribution in [2.24, 2.45) is 5.92 Å². The molecule has 1 N–H and O–H groups in total. The van der Waals surface area contributed by atoms with E-state index in [4.69, 9.17) is 4.74 Å². The van der Waals surface area contributed by atoms with Gasteiger partial charge in [0.15, 0.2) is 0 Å². The predicted molar refractivity (Wildman–Crippen MR) is 122 cm³/mol. The molecule has 0 atom stereocenters. The first-order chi connectivity index (χ1) is 14.8. The molecule has 0 unspecified atom stereocenters. The van der Waals surface area contributed by atoms with Gasteiger partial charge in [-0.2, -0.15) is 4.31 Å². The van der Waals surface area contributed by atoms with Gasteiger partial charge in [-0.15, -0.1) is 0 Å². The van der Waals surface area contributed by atoms with Crippen LogP contribution in [0.5, 0.6) is 5.75 Å². The molecule has 31 heavy (non-hydrogen) atoms. The van der Waals surface area contributed by atoms with Crippen molar-refractivity contribution < 1.29 is 17.9 Å². The summed E-state index contributed by atoms with van der Waals surface area (Å²) in [6.45, 7) is 8.06. The fourth-order valence-corrected chi connectivity index (χ4v) is 5.20. The molecule has 168 valence electrons. The number of hydrogen-bond donors (Lipinski definition) is 1. The molecule has 1 saturated heterocycles. The van der Waals surface area contributed by atoms with Crippen molar-refractivity contribution in [2.45, 2.75) is 44.4 Å². The van der Waals surface area contributed by atoms with Gasteiger partial charge in [-0.05, 0) is 54.5 Å². The Hall–Kier alpha value is -2.38. The molecule has 2 aromatic carbocycles. The van der Waals surface area contributed by atoms with Crippen LogP contribution < -0.4 is 10.1 Å². The second-order valence-corrected chi connectivity index (χ2v) is 10.3. The van der Waals surface area contributed by atoms with E-state index in [0.717, 1.165) is 24.2 Å². The van der Waals surface area contributed by atoms with Gasteiger partial charge in [0.05, 0.1) is 11.4 Å². The second kappa shape index (κ2) is 10.3. The van der Waals surface area contributed by atoms with E-state index in [2.05, 4.69) is 26.1 Å². The number of sulfonamides is 1. The van der Waals surface area contributed by atoms with E-state index in [1.165, 1.54) is 10.4 Å². The summed E-state index contributed by atoms with van der Waals surface area (Å²) in [6, 6.07) is 14.1. The molecule has 1 aliphatic rings. The number of benzene rings is 2. The summed E-state index contributed by atoms with van der Waals surface area (Å²) < 4.78 is 33.2. The number of nitrogens with one attached hydrogen (secondary N) is 1. The number of carbonyl (C=O) groups is 1. The van der Waals surface area contributed by atoms with E-state index in [1.54, 1.807) is 18.2 Å². The number of hydrogen-bond acceptors (Lipinski definition) is 4. The molecular formula is C24H32N2O4S. The SMILES string of the molecule is CC1CCN(S(=O)(=O)c2cccc(C(=O)NCCOc3ccccc3C(C)C)c2)CC1. The lowest BCUT2D eigenvalue weighted by atomic mass is 10.0. The quantitative estimate of drug-likeness (QED) is 0.624. The third-order valence-electron chi connectivity index (χ3n) is 5.66. The summed E-state index contributed by atoms with van der Waals surface area (Å²) in [4.78, 5) is 12.7. The minimum Gasteiger partial charge on any atom is -0.491 e. The molecule has 0 aromatic heterocycles. The smallest absolute Gasteiger partial charge is 0.251 e. The first kappa shape index (κ1) is 23.3. The Labute approximate surface area is 185 Å². The maximum absolute atomic E-state index is 12.9. The van der Waals surface area contributed by atoms with Crippen LogP contribution in [0, 0.1) is 5.92 Å². The van der Waals surface area contributed by atoms with Crippen LogP contribution >= 0.6 is 0 Å². The maximum atomic E-state index is 12.9. The number of piperidine rings is 1. The van der Waals surface area contributed by atoms with E-state index >= 15 is 0 Å². The van der Waals surface area contributed by atoms with Gasteiger partial charge in [-0.3, -0.25) is 4.79 Å². The van der Waals surface area contributed by atoms with Crippen LogP contribution in [-0.4, -0.2) is 44.9 Å². The van der Waals surface area contributed by atoms with Gasteiger partial charge in [-0.1, -0.05) is 45.0 Å². The molecule has 1 amide bonds. The van der Waals surface area contributed by atoms with Crippen LogP contribution in [0.1, 0.15) is 55.5 Å². The molecule has 2 aromatic rings. The third kappa shape index (κ3) is 5.86. The summed E-state index contributed by atoms with van der Waals surface area (Å²) >= 11 is 0. The average Bonchev–Trinajstić information content (AvgIpc) is 2.77. The number of rotatable bonds is 8. The predicted octanol–water partition coefficient (Wildman–Crippen LogP) is 4.04. The van der Waals surface area contributed by atoms with Crippen LogP contribution in [0.25, 0.3) is 0 Å². The van der Waals surface area contributed by atoms with Gasteiger partial charge in [0.1, 0.15) is 12.4 Å². The van der Waals surface area contributed by atoms with Crippen LogP contribution in [0.3, 0.4) is 0 Å². The van der Waals surface area contributed by atoms with E-state index in [9.17, 15) is 13.2 Å². The van der Waals surface area contributed by atoms with Gasteiger partial charge >= 0.3 is 0 Å². The number of carbonyl (C=O) groups excluding carboxylic acids is 1. The van der Waals surface area contributed by atoms with Gasteiger partial charge in [0.2, 0.25) is 10.0 Å². The lowest BCUT2D eigenvalue weighted by molar-refractivity contribution is 0.0946. The van der Waals surface area contributed by atoms with Crippen molar-refractivity contribution in [3.05, 3.63) is 59.7 Å². The Kier molecular flexibility index (Phi) is 7.73. The van der Waals surface area contributed by atoms with Crippen LogP contribution in [0.15, 0.2) is 53.4 Å². The zero-order valence-corrected chi connectivity index (χ0v) is 19.3. The molecule has 0 bridgehead atoms. The largest absolute Gasteiger partial charge is 0.491 e. The molecule has 7 heteroatoms. The lowest BCUT2D eigenvalue weighted by Gasteiger charge is -2.29. The minimum atomic E-state index is -3.59. The first-order valence-electron chi connectivity index (χ1n) is 10.9. The highest BCUT2D eigenvalue weighted by atomic mass is 32.2. The summed E-state index contributed by atoms with van der Waals surface area (Å²) in [7, 11) is -3.59. The molecule has 0 radical (unpaired) electrons.